The van der Waals surface area contributed by atoms with E-state index in [-0.39, 0.29) is 12.5 Å². The van der Waals surface area contributed by atoms with E-state index in [9.17, 15) is 4.79 Å². The van der Waals surface area contributed by atoms with Crippen molar-refractivity contribution < 1.29 is 13.9 Å². The molecule has 0 aliphatic carbocycles. The molecule has 0 aromatic carbocycles. The molecule has 1 heterocycles. The van der Waals surface area contributed by atoms with E-state index in [2.05, 4.69) is 6.58 Å². The lowest BCUT2D eigenvalue weighted by Crippen LogP contribution is -2.33. The van der Waals surface area contributed by atoms with E-state index in [0.29, 0.717) is 19.5 Å². The molecule has 0 N–H and O–H groups in total. The Hall–Kier alpha value is -2.23. The topological polar surface area (TPSA) is 42.7 Å². The largest absolute Gasteiger partial charge is 0.488 e. The molecule has 0 saturated heterocycles. The van der Waals surface area contributed by atoms with Gasteiger partial charge < -0.3 is 14.1 Å². The SMILES string of the molecule is C=CC/C(=C\C=C(C)C)OCC(=O)N(CC)Cc1ccoc1. The van der Waals surface area contributed by atoms with Crippen LogP contribution in [0, 0.1) is 0 Å². The lowest BCUT2D eigenvalue weighted by Gasteiger charge is -2.20. The predicted molar refractivity (Wildman–Crippen MR) is 88.1 cm³/mol. The molecule has 1 aromatic heterocycles. The van der Waals surface area contributed by atoms with E-state index < -0.39 is 0 Å². The number of hydrogen-bond donors (Lipinski definition) is 0. The van der Waals surface area contributed by atoms with Crippen LogP contribution in [0.25, 0.3) is 0 Å². The molecule has 0 radical (unpaired) electrons. The zero-order valence-corrected chi connectivity index (χ0v) is 13.7. The van der Waals surface area contributed by atoms with Crippen molar-refractivity contribution in [3.8, 4) is 0 Å². The normalized spacial score (nSPS) is 11.0. The number of hydrogen-bond acceptors (Lipinski definition) is 3. The number of rotatable bonds is 9. The number of carbonyl (C=O) groups excluding carboxylic acids is 1. The van der Waals surface area contributed by atoms with Crippen LogP contribution in [0.4, 0.5) is 0 Å². The Morgan fingerprint density at radius 3 is 2.73 bits per heavy atom. The molecule has 0 spiro atoms. The predicted octanol–water partition coefficient (Wildman–Crippen LogP) is 4.07. The quantitative estimate of drug-likeness (QED) is 0.392. The lowest BCUT2D eigenvalue weighted by atomic mass is 10.2. The highest BCUT2D eigenvalue weighted by Gasteiger charge is 2.13. The van der Waals surface area contributed by atoms with E-state index in [1.807, 2.05) is 39.0 Å². The minimum absolute atomic E-state index is 0.0297. The van der Waals surface area contributed by atoms with Gasteiger partial charge in [-0.2, -0.15) is 0 Å². The zero-order valence-electron chi connectivity index (χ0n) is 13.7. The summed E-state index contributed by atoms with van der Waals surface area (Å²) in [5.41, 5.74) is 2.15. The van der Waals surface area contributed by atoms with Crippen LogP contribution < -0.4 is 0 Å². The maximum absolute atomic E-state index is 12.2. The van der Waals surface area contributed by atoms with Gasteiger partial charge in [0.05, 0.1) is 12.5 Å². The molecule has 0 bridgehead atoms. The molecular weight excluding hydrogens is 278 g/mol. The van der Waals surface area contributed by atoms with Crippen molar-refractivity contribution in [3.63, 3.8) is 0 Å². The number of furan rings is 1. The second-order valence-corrected chi connectivity index (χ2v) is 5.20. The number of carbonyl (C=O) groups is 1. The maximum atomic E-state index is 12.2. The monoisotopic (exact) mass is 303 g/mol. The average molecular weight is 303 g/mol. The molecule has 4 heteroatoms. The first-order valence-electron chi connectivity index (χ1n) is 7.43. The third-order valence-corrected chi connectivity index (χ3v) is 3.02. The van der Waals surface area contributed by atoms with Crippen molar-refractivity contribution in [3.05, 3.63) is 60.3 Å². The molecule has 0 aliphatic heterocycles. The second-order valence-electron chi connectivity index (χ2n) is 5.20. The van der Waals surface area contributed by atoms with Gasteiger partial charge in [0.2, 0.25) is 0 Å². The fourth-order valence-electron chi connectivity index (χ4n) is 1.80. The Morgan fingerprint density at radius 1 is 1.41 bits per heavy atom. The maximum Gasteiger partial charge on any atom is 0.260 e. The van der Waals surface area contributed by atoms with Crippen molar-refractivity contribution in [2.75, 3.05) is 13.2 Å². The summed E-state index contributed by atoms with van der Waals surface area (Å²) in [5.74, 6) is 0.694. The van der Waals surface area contributed by atoms with Gasteiger partial charge in [-0.3, -0.25) is 4.79 Å². The molecule has 4 nitrogen and oxygen atoms in total. The van der Waals surface area contributed by atoms with Gasteiger partial charge in [0.15, 0.2) is 6.61 Å². The van der Waals surface area contributed by atoms with Crippen LogP contribution in [0.15, 0.2) is 59.1 Å². The van der Waals surface area contributed by atoms with Crippen LogP contribution in [-0.4, -0.2) is 24.0 Å². The van der Waals surface area contributed by atoms with Gasteiger partial charge in [0.1, 0.15) is 5.76 Å². The first kappa shape index (κ1) is 17.8. The van der Waals surface area contributed by atoms with Crippen molar-refractivity contribution in [1.29, 1.82) is 0 Å². The standard InChI is InChI=1S/C18H25NO3/c1-5-7-17(9-8-15(3)4)22-14-18(20)19(6-2)12-16-10-11-21-13-16/h5,8-11,13H,1,6-7,12,14H2,2-4H3/b17-9+. The Kier molecular flexibility index (Phi) is 7.83. The smallest absolute Gasteiger partial charge is 0.260 e. The highest BCUT2D eigenvalue weighted by Crippen LogP contribution is 2.09. The van der Waals surface area contributed by atoms with Gasteiger partial charge in [0, 0.05) is 25.1 Å². The minimum atomic E-state index is -0.0455. The first-order valence-corrected chi connectivity index (χ1v) is 7.43. The highest BCUT2D eigenvalue weighted by atomic mass is 16.5. The third-order valence-electron chi connectivity index (χ3n) is 3.02. The Balaban J connectivity index is 2.58. The van der Waals surface area contributed by atoms with E-state index in [0.717, 1.165) is 11.3 Å². The number of ether oxygens (including phenoxy) is 1. The van der Waals surface area contributed by atoms with E-state index >= 15 is 0 Å². The van der Waals surface area contributed by atoms with Crippen LogP contribution in [-0.2, 0) is 16.1 Å². The van der Waals surface area contributed by atoms with E-state index in [4.69, 9.17) is 9.15 Å². The van der Waals surface area contributed by atoms with Gasteiger partial charge in [0.25, 0.3) is 5.91 Å². The molecule has 0 atom stereocenters. The summed E-state index contributed by atoms with van der Waals surface area (Å²) >= 11 is 0. The number of nitrogens with zero attached hydrogens (tertiary/aromatic N) is 1. The van der Waals surface area contributed by atoms with Crippen LogP contribution in [0.3, 0.4) is 0 Å². The lowest BCUT2D eigenvalue weighted by molar-refractivity contribution is -0.135. The molecule has 1 rings (SSSR count). The van der Waals surface area contributed by atoms with Crippen LogP contribution in [0.5, 0.6) is 0 Å². The van der Waals surface area contributed by atoms with Crippen molar-refractivity contribution >= 4 is 5.91 Å². The first-order chi connectivity index (χ1) is 10.6. The Labute approximate surface area is 132 Å². The fourth-order valence-corrected chi connectivity index (χ4v) is 1.80. The minimum Gasteiger partial charge on any atom is -0.488 e. The zero-order chi connectivity index (χ0) is 16.4. The average Bonchev–Trinajstić information content (AvgIpc) is 3.00. The molecule has 0 saturated carbocycles. The molecule has 1 amide bonds. The third kappa shape index (κ3) is 6.48. The molecule has 22 heavy (non-hydrogen) atoms. The van der Waals surface area contributed by atoms with E-state index in [1.54, 1.807) is 23.5 Å². The van der Waals surface area contributed by atoms with Gasteiger partial charge in [-0.15, -0.1) is 6.58 Å². The molecule has 0 fully saturated rings. The summed E-state index contributed by atoms with van der Waals surface area (Å²) in [6.07, 6.45) is 9.47. The van der Waals surface area contributed by atoms with Gasteiger partial charge in [-0.05, 0) is 32.9 Å². The Morgan fingerprint density at radius 2 is 2.18 bits per heavy atom. The molecule has 1 aromatic rings. The molecule has 0 aliphatic rings. The van der Waals surface area contributed by atoms with Crippen molar-refractivity contribution in [2.24, 2.45) is 0 Å². The summed E-state index contributed by atoms with van der Waals surface area (Å²) < 4.78 is 10.7. The van der Waals surface area contributed by atoms with Gasteiger partial charge in [-0.1, -0.05) is 17.7 Å². The van der Waals surface area contributed by atoms with Crippen molar-refractivity contribution in [1.82, 2.24) is 4.90 Å². The summed E-state index contributed by atoms with van der Waals surface area (Å²) in [6, 6.07) is 1.86. The number of likely N-dealkylation sites (N-methyl/N-ethyl adjacent to an activating group) is 1. The molecule has 120 valence electrons. The van der Waals surface area contributed by atoms with Gasteiger partial charge in [-0.25, -0.2) is 0 Å². The van der Waals surface area contributed by atoms with Crippen molar-refractivity contribution in [2.45, 2.75) is 33.7 Å². The summed E-state index contributed by atoms with van der Waals surface area (Å²) in [6.45, 7) is 10.9. The highest BCUT2D eigenvalue weighted by molar-refractivity contribution is 5.77. The number of amides is 1. The number of allylic oxidation sites excluding steroid dienone is 4. The van der Waals surface area contributed by atoms with Crippen LogP contribution in [0.2, 0.25) is 0 Å². The summed E-state index contributed by atoms with van der Waals surface area (Å²) in [4.78, 5) is 14.0. The van der Waals surface area contributed by atoms with Crippen LogP contribution in [0.1, 0.15) is 32.8 Å². The molecule has 0 unspecified atom stereocenters. The van der Waals surface area contributed by atoms with E-state index in [1.165, 1.54) is 5.57 Å². The second kappa shape index (κ2) is 9.66. The Bertz CT molecular complexity index is 523. The van der Waals surface area contributed by atoms with Crippen LogP contribution >= 0.6 is 0 Å². The van der Waals surface area contributed by atoms with Gasteiger partial charge >= 0.3 is 0 Å². The fraction of sp³-hybridized carbons (Fsp3) is 0.389. The summed E-state index contributed by atoms with van der Waals surface area (Å²) in [7, 11) is 0. The summed E-state index contributed by atoms with van der Waals surface area (Å²) in [5, 5.41) is 0. The molecular formula is C18H25NO3.